The highest BCUT2D eigenvalue weighted by Gasteiger charge is 2.23. The number of fused-ring (bicyclic) bond motifs is 1. The standard InChI is InChI=1S/C14H20N4O/c1-14(2,8-15)7-13(19)18(3)10-4-5-11-12(6-10)17-9-16-11/h4-6,9H,7-8,15H2,1-3H3,(H,16,17). The first kappa shape index (κ1) is 13.5. The third kappa shape index (κ3) is 2.93. The largest absolute Gasteiger partial charge is 0.345 e. The zero-order valence-corrected chi connectivity index (χ0v) is 11.6. The molecule has 2 aromatic rings. The van der Waals surface area contributed by atoms with Gasteiger partial charge < -0.3 is 15.6 Å². The van der Waals surface area contributed by atoms with Crippen molar-refractivity contribution in [2.45, 2.75) is 20.3 Å². The number of anilines is 1. The predicted octanol–water partition coefficient (Wildman–Crippen LogP) is 1.90. The van der Waals surface area contributed by atoms with Gasteiger partial charge in [-0.1, -0.05) is 13.8 Å². The molecule has 0 fully saturated rings. The summed E-state index contributed by atoms with van der Waals surface area (Å²) >= 11 is 0. The van der Waals surface area contributed by atoms with Crippen molar-refractivity contribution >= 4 is 22.6 Å². The van der Waals surface area contributed by atoms with Crippen molar-refractivity contribution in [3.8, 4) is 0 Å². The highest BCUT2D eigenvalue weighted by molar-refractivity contribution is 5.95. The summed E-state index contributed by atoms with van der Waals surface area (Å²) in [4.78, 5) is 21.1. The molecule has 0 bridgehead atoms. The van der Waals surface area contributed by atoms with Crippen molar-refractivity contribution in [3.05, 3.63) is 24.5 Å². The maximum absolute atomic E-state index is 12.2. The van der Waals surface area contributed by atoms with Crippen LogP contribution in [0.3, 0.4) is 0 Å². The van der Waals surface area contributed by atoms with E-state index in [4.69, 9.17) is 5.73 Å². The van der Waals surface area contributed by atoms with Crippen LogP contribution in [-0.2, 0) is 4.79 Å². The molecule has 3 N–H and O–H groups in total. The van der Waals surface area contributed by atoms with E-state index in [1.807, 2.05) is 32.0 Å². The number of amides is 1. The Labute approximate surface area is 112 Å². The summed E-state index contributed by atoms with van der Waals surface area (Å²) in [5.41, 5.74) is 8.17. The quantitative estimate of drug-likeness (QED) is 0.881. The highest BCUT2D eigenvalue weighted by Crippen LogP contribution is 2.23. The van der Waals surface area contributed by atoms with Crippen LogP contribution in [0.4, 0.5) is 5.69 Å². The van der Waals surface area contributed by atoms with Crippen molar-refractivity contribution in [1.82, 2.24) is 9.97 Å². The van der Waals surface area contributed by atoms with Crippen LogP contribution in [0.15, 0.2) is 24.5 Å². The Morgan fingerprint density at radius 1 is 1.47 bits per heavy atom. The molecule has 5 heteroatoms. The molecule has 0 aliphatic rings. The molecule has 1 amide bonds. The molecule has 0 radical (unpaired) electrons. The summed E-state index contributed by atoms with van der Waals surface area (Å²) in [6.07, 6.45) is 2.08. The van der Waals surface area contributed by atoms with Gasteiger partial charge in [-0.25, -0.2) is 4.98 Å². The maximum Gasteiger partial charge on any atom is 0.227 e. The Morgan fingerprint density at radius 2 is 2.21 bits per heavy atom. The fourth-order valence-electron chi connectivity index (χ4n) is 1.88. The molecular weight excluding hydrogens is 240 g/mol. The minimum atomic E-state index is -0.177. The van der Waals surface area contributed by atoms with Crippen molar-refractivity contribution in [2.75, 3.05) is 18.5 Å². The summed E-state index contributed by atoms with van der Waals surface area (Å²) in [5.74, 6) is 0.0642. The van der Waals surface area contributed by atoms with Crippen molar-refractivity contribution in [1.29, 1.82) is 0 Å². The number of H-pyrrole nitrogens is 1. The molecule has 1 aromatic carbocycles. The van der Waals surface area contributed by atoms with Crippen LogP contribution in [0.5, 0.6) is 0 Å². The molecule has 0 atom stereocenters. The van der Waals surface area contributed by atoms with Gasteiger partial charge in [-0.3, -0.25) is 4.79 Å². The number of nitrogens with two attached hydrogens (primary N) is 1. The lowest BCUT2D eigenvalue weighted by Gasteiger charge is -2.25. The molecule has 2 rings (SSSR count). The summed E-state index contributed by atoms with van der Waals surface area (Å²) in [5, 5.41) is 0. The number of carbonyl (C=O) groups excluding carboxylic acids is 1. The minimum Gasteiger partial charge on any atom is -0.345 e. The van der Waals surface area contributed by atoms with Crippen molar-refractivity contribution in [2.24, 2.45) is 11.1 Å². The summed E-state index contributed by atoms with van der Waals surface area (Å²) < 4.78 is 0. The van der Waals surface area contributed by atoms with E-state index in [0.29, 0.717) is 13.0 Å². The van der Waals surface area contributed by atoms with Crippen LogP contribution in [0.1, 0.15) is 20.3 Å². The van der Waals surface area contributed by atoms with E-state index in [9.17, 15) is 4.79 Å². The maximum atomic E-state index is 12.2. The van der Waals surface area contributed by atoms with Gasteiger partial charge in [-0.05, 0) is 30.2 Å². The zero-order valence-electron chi connectivity index (χ0n) is 11.6. The van der Waals surface area contributed by atoms with Gasteiger partial charge in [0.25, 0.3) is 0 Å². The number of hydrogen-bond acceptors (Lipinski definition) is 3. The summed E-state index contributed by atoms with van der Waals surface area (Å²) in [6.45, 7) is 4.49. The van der Waals surface area contributed by atoms with Gasteiger partial charge in [0.05, 0.1) is 17.4 Å². The first-order valence-electron chi connectivity index (χ1n) is 6.33. The smallest absolute Gasteiger partial charge is 0.227 e. The van der Waals surface area contributed by atoms with Crippen molar-refractivity contribution in [3.63, 3.8) is 0 Å². The van der Waals surface area contributed by atoms with E-state index >= 15 is 0 Å². The number of hydrogen-bond donors (Lipinski definition) is 2. The fourth-order valence-corrected chi connectivity index (χ4v) is 1.88. The second-order valence-electron chi connectivity index (χ2n) is 5.60. The number of benzene rings is 1. The number of nitrogens with one attached hydrogen (secondary N) is 1. The van der Waals surface area contributed by atoms with Gasteiger partial charge in [0.1, 0.15) is 0 Å². The van der Waals surface area contributed by atoms with Gasteiger partial charge in [0, 0.05) is 19.2 Å². The highest BCUT2D eigenvalue weighted by atomic mass is 16.2. The number of nitrogens with zero attached hydrogens (tertiary/aromatic N) is 2. The van der Waals surface area contributed by atoms with Gasteiger partial charge >= 0.3 is 0 Å². The zero-order chi connectivity index (χ0) is 14.0. The molecule has 0 saturated carbocycles. The molecule has 0 aliphatic carbocycles. The normalized spacial score (nSPS) is 11.8. The van der Waals surface area contributed by atoms with Crippen LogP contribution in [0, 0.1) is 5.41 Å². The summed E-state index contributed by atoms with van der Waals surface area (Å²) in [7, 11) is 1.78. The Balaban J connectivity index is 2.18. The minimum absolute atomic E-state index is 0.0642. The molecule has 0 spiro atoms. The third-order valence-electron chi connectivity index (χ3n) is 3.35. The Bertz CT molecular complexity index is 588. The van der Waals surface area contributed by atoms with Crippen LogP contribution in [0.25, 0.3) is 11.0 Å². The van der Waals surface area contributed by atoms with Gasteiger partial charge in [0.2, 0.25) is 5.91 Å². The lowest BCUT2D eigenvalue weighted by atomic mass is 9.89. The van der Waals surface area contributed by atoms with E-state index < -0.39 is 0 Å². The molecule has 19 heavy (non-hydrogen) atoms. The molecule has 0 aliphatic heterocycles. The first-order valence-corrected chi connectivity index (χ1v) is 6.33. The first-order chi connectivity index (χ1) is 8.93. The second kappa shape index (κ2) is 5.01. The monoisotopic (exact) mass is 260 g/mol. The molecule has 5 nitrogen and oxygen atoms in total. The van der Waals surface area contributed by atoms with Crippen LogP contribution in [-0.4, -0.2) is 29.5 Å². The molecule has 1 heterocycles. The SMILES string of the molecule is CN(C(=O)CC(C)(C)CN)c1ccc2nc[nH]c2c1. The van der Waals surface area contributed by atoms with E-state index in [2.05, 4.69) is 9.97 Å². The Kier molecular flexibility index (Phi) is 3.57. The molecule has 0 unspecified atom stereocenters. The third-order valence-corrected chi connectivity index (χ3v) is 3.35. The van der Waals surface area contributed by atoms with Crippen LogP contribution < -0.4 is 10.6 Å². The number of carbonyl (C=O) groups is 1. The van der Waals surface area contributed by atoms with Gasteiger partial charge in [0.15, 0.2) is 0 Å². The van der Waals surface area contributed by atoms with E-state index in [0.717, 1.165) is 16.7 Å². The van der Waals surface area contributed by atoms with Crippen LogP contribution in [0.2, 0.25) is 0 Å². The fraction of sp³-hybridized carbons (Fsp3) is 0.429. The van der Waals surface area contributed by atoms with E-state index in [1.165, 1.54) is 0 Å². The molecular formula is C14H20N4O. The van der Waals surface area contributed by atoms with Gasteiger partial charge in [-0.15, -0.1) is 0 Å². The number of rotatable bonds is 4. The lowest BCUT2D eigenvalue weighted by molar-refractivity contribution is -0.120. The predicted molar refractivity (Wildman–Crippen MR) is 77.0 cm³/mol. The van der Waals surface area contributed by atoms with E-state index in [1.54, 1.807) is 18.3 Å². The van der Waals surface area contributed by atoms with Gasteiger partial charge in [-0.2, -0.15) is 0 Å². The second-order valence-corrected chi connectivity index (χ2v) is 5.60. The molecule has 102 valence electrons. The average Bonchev–Trinajstić information content (AvgIpc) is 2.84. The Morgan fingerprint density at radius 3 is 2.89 bits per heavy atom. The number of aromatic nitrogens is 2. The lowest BCUT2D eigenvalue weighted by Crippen LogP contribution is -2.34. The topological polar surface area (TPSA) is 75.0 Å². The molecule has 1 aromatic heterocycles. The number of aromatic amines is 1. The van der Waals surface area contributed by atoms with Crippen LogP contribution >= 0.6 is 0 Å². The van der Waals surface area contributed by atoms with E-state index in [-0.39, 0.29) is 11.3 Å². The average molecular weight is 260 g/mol. The molecule has 0 saturated heterocycles. The Hall–Kier alpha value is -1.88. The summed E-state index contributed by atoms with van der Waals surface area (Å²) in [6, 6.07) is 5.73. The van der Waals surface area contributed by atoms with Crippen molar-refractivity contribution < 1.29 is 4.79 Å². The number of imidazole rings is 1.